The number of rotatable bonds is 9. The fourth-order valence-electron chi connectivity index (χ4n) is 3.21. The van der Waals surface area contributed by atoms with E-state index in [1.165, 1.54) is 22.9 Å². The molecule has 0 saturated carbocycles. The molecule has 3 rings (SSSR count). The second kappa shape index (κ2) is 9.82. The van der Waals surface area contributed by atoms with Crippen molar-refractivity contribution < 1.29 is 9.90 Å². The van der Waals surface area contributed by atoms with E-state index in [4.69, 9.17) is 0 Å². The fraction of sp³-hybridized carbons (Fsp3) is 0.292. The zero-order chi connectivity index (χ0) is 20.6. The van der Waals surface area contributed by atoms with Crippen LogP contribution in [0.15, 0.2) is 60.8 Å². The van der Waals surface area contributed by atoms with Gasteiger partial charge in [-0.05, 0) is 42.4 Å². The molecule has 0 bridgehead atoms. The molecular formula is C24H27N3O2. The number of aryl methyl sites for hydroxylation is 3. The Morgan fingerprint density at radius 3 is 2.24 bits per heavy atom. The van der Waals surface area contributed by atoms with Crippen molar-refractivity contribution in [1.29, 1.82) is 0 Å². The number of hydrogen-bond donors (Lipinski definition) is 1. The average Bonchev–Trinajstić information content (AvgIpc) is 2.76. The van der Waals surface area contributed by atoms with E-state index in [9.17, 15) is 9.90 Å². The summed E-state index contributed by atoms with van der Waals surface area (Å²) in [5, 5.41) is 9.52. The van der Waals surface area contributed by atoms with Gasteiger partial charge in [0.05, 0.1) is 11.3 Å². The van der Waals surface area contributed by atoms with Crippen LogP contribution in [-0.4, -0.2) is 34.6 Å². The number of aromatic nitrogens is 2. The van der Waals surface area contributed by atoms with Crippen LogP contribution in [0.4, 0.5) is 5.95 Å². The summed E-state index contributed by atoms with van der Waals surface area (Å²) in [4.78, 5) is 22.5. The van der Waals surface area contributed by atoms with Gasteiger partial charge in [0.2, 0.25) is 5.95 Å². The van der Waals surface area contributed by atoms with Crippen LogP contribution in [0, 0.1) is 0 Å². The summed E-state index contributed by atoms with van der Waals surface area (Å²) in [7, 11) is 1.94. The molecule has 0 atom stereocenters. The van der Waals surface area contributed by atoms with E-state index in [2.05, 4.69) is 53.3 Å². The highest BCUT2D eigenvalue weighted by molar-refractivity contribution is 5.88. The second-order valence-electron chi connectivity index (χ2n) is 7.16. The third-order valence-electron chi connectivity index (χ3n) is 5.09. The standard InChI is InChI=1S/C24H27N3O2/c1-3-18-9-11-20(12-10-18)13-14-22-21(23(28)29)17-25-24(26-22)27(2)16-15-19-7-5-4-6-8-19/h4-12,17H,3,13-16H2,1-2H3,(H,28,29). The highest BCUT2D eigenvalue weighted by Gasteiger charge is 2.15. The number of carboxylic acids is 1. The van der Waals surface area contributed by atoms with Gasteiger partial charge < -0.3 is 10.0 Å². The lowest BCUT2D eigenvalue weighted by Crippen LogP contribution is -2.24. The molecule has 3 aromatic rings. The lowest BCUT2D eigenvalue weighted by molar-refractivity contribution is 0.0694. The number of carboxylic acid groups (broad SMARTS) is 1. The van der Waals surface area contributed by atoms with Gasteiger partial charge in [0.1, 0.15) is 0 Å². The number of anilines is 1. The number of aromatic carboxylic acids is 1. The monoisotopic (exact) mass is 389 g/mol. The van der Waals surface area contributed by atoms with Crippen LogP contribution in [-0.2, 0) is 25.7 Å². The molecular weight excluding hydrogens is 362 g/mol. The van der Waals surface area contributed by atoms with Gasteiger partial charge in [-0.2, -0.15) is 0 Å². The van der Waals surface area contributed by atoms with Gasteiger partial charge in [-0.25, -0.2) is 14.8 Å². The summed E-state index contributed by atoms with van der Waals surface area (Å²) < 4.78 is 0. The quantitative estimate of drug-likeness (QED) is 0.594. The van der Waals surface area contributed by atoms with Gasteiger partial charge in [0, 0.05) is 19.8 Å². The molecule has 5 nitrogen and oxygen atoms in total. The molecule has 1 N–H and O–H groups in total. The molecule has 0 amide bonds. The van der Waals surface area contributed by atoms with Crippen LogP contribution in [0.2, 0.25) is 0 Å². The van der Waals surface area contributed by atoms with E-state index >= 15 is 0 Å². The Balaban J connectivity index is 1.71. The molecule has 0 aliphatic heterocycles. The van der Waals surface area contributed by atoms with Gasteiger partial charge >= 0.3 is 5.97 Å². The summed E-state index contributed by atoms with van der Waals surface area (Å²) >= 11 is 0. The molecule has 0 fully saturated rings. The SMILES string of the molecule is CCc1ccc(CCc2nc(N(C)CCc3ccccc3)ncc2C(=O)O)cc1. The summed E-state index contributed by atoms with van der Waals surface area (Å²) in [6, 6.07) is 18.7. The Bertz CT molecular complexity index is 940. The Labute approximate surface area is 172 Å². The molecule has 0 aliphatic rings. The summed E-state index contributed by atoms with van der Waals surface area (Å²) in [6.07, 6.45) is 4.62. The molecule has 0 aliphatic carbocycles. The molecule has 0 saturated heterocycles. The maximum absolute atomic E-state index is 11.6. The first-order valence-corrected chi connectivity index (χ1v) is 9.99. The molecule has 1 heterocycles. The fourth-order valence-corrected chi connectivity index (χ4v) is 3.21. The summed E-state index contributed by atoms with van der Waals surface area (Å²) in [6.45, 7) is 2.89. The Morgan fingerprint density at radius 2 is 1.59 bits per heavy atom. The first-order valence-electron chi connectivity index (χ1n) is 9.99. The number of benzene rings is 2. The van der Waals surface area contributed by atoms with Crippen LogP contribution in [0.1, 0.15) is 39.7 Å². The van der Waals surface area contributed by atoms with Crippen molar-refractivity contribution >= 4 is 11.9 Å². The first kappa shape index (κ1) is 20.5. The average molecular weight is 389 g/mol. The predicted octanol–water partition coefficient (Wildman–Crippen LogP) is 4.20. The minimum atomic E-state index is -0.986. The number of nitrogens with zero attached hydrogens (tertiary/aromatic N) is 3. The normalized spacial score (nSPS) is 10.7. The number of carbonyl (C=O) groups is 1. The van der Waals surface area contributed by atoms with E-state index in [-0.39, 0.29) is 5.56 Å². The first-order chi connectivity index (χ1) is 14.1. The van der Waals surface area contributed by atoms with Crippen molar-refractivity contribution in [2.75, 3.05) is 18.5 Å². The second-order valence-corrected chi connectivity index (χ2v) is 7.16. The molecule has 1 aromatic heterocycles. The minimum absolute atomic E-state index is 0.176. The van der Waals surface area contributed by atoms with Gasteiger partial charge in [0.25, 0.3) is 0 Å². The van der Waals surface area contributed by atoms with Gasteiger partial charge in [0.15, 0.2) is 0 Å². The maximum Gasteiger partial charge on any atom is 0.339 e. The zero-order valence-corrected chi connectivity index (χ0v) is 17.0. The third-order valence-corrected chi connectivity index (χ3v) is 5.09. The zero-order valence-electron chi connectivity index (χ0n) is 17.0. The number of likely N-dealkylation sites (N-methyl/N-ethyl adjacent to an activating group) is 1. The van der Waals surface area contributed by atoms with Gasteiger partial charge in [-0.15, -0.1) is 0 Å². The van der Waals surface area contributed by atoms with Gasteiger partial charge in [-0.1, -0.05) is 61.5 Å². The highest BCUT2D eigenvalue weighted by atomic mass is 16.4. The molecule has 150 valence electrons. The third kappa shape index (κ3) is 5.64. The lowest BCUT2D eigenvalue weighted by Gasteiger charge is -2.18. The van der Waals surface area contributed by atoms with E-state index in [0.717, 1.165) is 25.8 Å². The Morgan fingerprint density at radius 1 is 0.931 bits per heavy atom. The Hall–Kier alpha value is -3.21. The van der Waals surface area contributed by atoms with Crippen molar-refractivity contribution in [3.05, 3.63) is 88.7 Å². The Kier molecular flexibility index (Phi) is 6.95. The van der Waals surface area contributed by atoms with Crippen LogP contribution >= 0.6 is 0 Å². The minimum Gasteiger partial charge on any atom is -0.478 e. The smallest absolute Gasteiger partial charge is 0.339 e. The van der Waals surface area contributed by atoms with Crippen molar-refractivity contribution in [3.8, 4) is 0 Å². The van der Waals surface area contributed by atoms with E-state index in [1.807, 2.05) is 30.1 Å². The molecule has 0 unspecified atom stereocenters. The highest BCUT2D eigenvalue weighted by Crippen LogP contribution is 2.15. The topological polar surface area (TPSA) is 66.3 Å². The van der Waals surface area contributed by atoms with E-state index in [0.29, 0.717) is 18.1 Å². The van der Waals surface area contributed by atoms with Crippen LogP contribution in [0.5, 0.6) is 0 Å². The maximum atomic E-state index is 11.6. The van der Waals surface area contributed by atoms with Gasteiger partial charge in [-0.3, -0.25) is 0 Å². The van der Waals surface area contributed by atoms with Crippen molar-refractivity contribution in [3.63, 3.8) is 0 Å². The number of hydrogen-bond acceptors (Lipinski definition) is 4. The van der Waals surface area contributed by atoms with Crippen LogP contribution in [0.25, 0.3) is 0 Å². The van der Waals surface area contributed by atoms with Crippen LogP contribution < -0.4 is 4.90 Å². The van der Waals surface area contributed by atoms with Crippen molar-refractivity contribution in [2.45, 2.75) is 32.6 Å². The molecule has 5 heteroatoms. The van der Waals surface area contributed by atoms with E-state index < -0.39 is 5.97 Å². The lowest BCUT2D eigenvalue weighted by atomic mass is 10.0. The molecule has 0 spiro atoms. The largest absolute Gasteiger partial charge is 0.478 e. The van der Waals surface area contributed by atoms with Crippen molar-refractivity contribution in [1.82, 2.24) is 9.97 Å². The predicted molar refractivity (Wildman–Crippen MR) is 116 cm³/mol. The summed E-state index contributed by atoms with van der Waals surface area (Å²) in [5.41, 5.74) is 4.47. The van der Waals surface area contributed by atoms with Crippen LogP contribution in [0.3, 0.4) is 0 Å². The van der Waals surface area contributed by atoms with E-state index in [1.54, 1.807) is 0 Å². The summed E-state index contributed by atoms with van der Waals surface area (Å²) in [5.74, 6) is -0.429. The molecule has 29 heavy (non-hydrogen) atoms. The molecule has 2 aromatic carbocycles. The van der Waals surface area contributed by atoms with Crippen molar-refractivity contribution in [2.24, 2.45) is 0 Å². The molecule has 0 radical (unpaired) electrons.